The second-order valence-electron chi connectivity index (χ2n) is 6.66. The van der Waals surface area contributed by atoms with E-state index in [4.69, 9.17) is 0 Å². The summed E-state index contributed by atoms with van der Waals surface area (Å²) in [5, 5.41) is 10.9. The van der Waals surface area contributed by atoms with Crippen molar-refractivity contribution in [3.8, 4) is 0 Å². The van der Waals surface area contributed by atoms with Gasteiger partial charge in [-0.2, -0.15) is 0 Å². The van der Waals surface area contributed by atoms with Crippen molar-refractivity contribution in [3.05, 3.63) is 41.5 Å². The monoisotopic (exact) mass is 342 g/mol. The van der Waals surface area contributed by atoms with Gasteiger partial charge in [-0.05, 0) is 38.0 Å². The Hall–Kier alpha value is -2.57. The van der Waals surface area contributed by atoms with Crippen LogP contribution < -0.4 is 10.2 Å². The summed E-state index contributed by atoms with van der Waals surface area (Å²) in [6.45, 7) is 9.33. The molecule has 0 bridgehead atoms. The van der Waals surface area contributed by atoms with Gasteiger partial charge in [0.05, 0.1) is 6.04 Å². The first-order chi connectivity index (χ1) is 12.0. The fourth-order valence-corrected chi connectivity index (χ4v) is 3.25. The molecule has 2 heterocycles. The molecule has 1 aliphatic rings. The number of urea groups is 1. The van der Waals surface area contributed by atoms with Crippen LogP contribution in [-0.2, 0) is 7.05 Å². The number of nitrogens with zero attached hydrogens (tertiary/aromatic N) is 5. The first kappa shape index (κ1) is 17.3. The van der Waals surface area contributed by atoms with Crippen LogP contribution in [0.1, 0.15) is 29.9 Å². The molecule has 0 radical (unpaired) electrons. The third-order valence-corrected chi connectivity index (χ3v) is 4.96. The van der Waals surface area contributed by atoms with Crippen LogP contribution in [0, 0.1) is 13.8 Å². The highest BCUT2D eigenvalue weighted by molar-refractivity contribution is 5.75. The third-order valence-electron chi connectivity index (χ3n) is 4.96. The van der Waals surface area contributed by atoms with Crippen LogP contribution >= 0.6 is 0 Å². The minimum atomic E-state index is -0.169. The van der Waals surface area contributed by atoms with E-state index in [1.165, 1.54) is 16.8 Å². The topological polar surface area (TPSA) is 66.3 Å². The molecule has 0 spiro atoms. The van der Waals surface area contributed by atoms with Crippen molar-refractivity contribution in [1.29, 1.82) is 0 Å². The highest BCUT2D eigenvalue weighted by Gasteiger charge is 2.24. The number of rotatable bonds is 3. The minimum absolute atomic E-state index is 0.0453. The molecular formula is C18H26N6O. The van der Waals surface area contributed by atoms with Gasteiger partial charge < -0.3 is 19.7 Å². The van der Waals surface area contributed by atoms with Gasteiger partial charge in [0.1, 0.15) is 6.33 Å². The Labute approximate surface area is 148 Å². The Morgan fingerprint density at radius 3 is 2.56 bits per heavy atom. The average molecular weight is 342 g/mol. The Kier molecular flexibility index (Phi) is 4.92. The van der Waals surface area contributed by atoms with Crippen molar-refractivity contribution in [3.63, 3.8) is 0 Å². The number of nitrogens with one attached hydrogen (secondary N) is 1. The molecule has 1 aromatic carbocycles. The summed E-state index contributed by atoms with van der Waals surface area (Å²) in [5.74, 6) is 0.752. The highest BCUT2D eigenvalue weighted by atomic mass is 16.2. The van der Waals surface area contributed by atoms with Crippen LogP contribution in [-0.4, -0.2) is 51.9 Å². The maximum absolute atomic E-state index is 12.5. The van der Waals surface area contributed by atoms with E-state index in [0.29, 0.717) is 13.1 Å². The molecule has 7 nitrogen and oxygen atoms in total. The van der Waals surface area contributed by atoms with Crippen LogP contribution in [0.5, 0.6) is 0 Å². The summed E-state index contributed by atoms with van der Waals surface area (Å²) in [5.41, 5.74) is 3.89. The largest absolute Gasteiger partial charge is 0.368 e. The standard InChI is InChI=1S/C18H26N6O/c1-13-6-5-7-16(14(13)2)23-8-10-24(11-9-23)18(25)20-15(3)17-21-19-12-22(17)4/h5-7,12,15H,8-11H2,1-4H3,(H,20,25)/t15-/m1/s1. The molecule has 25 heavy (non-hydrogen) atoms. The van der Waals surface area contributed by atoms with Crippen LogP contribution in [0.25, 0.3) is 0 Å². The number of benzene rings is 1. The van der Waals surface area contributed by atoms with Crippen molar-refractivity contribution in [2.75, 3.05) is 31.1 Å². The van der Waals surface area contributed by atoms with E-state index in [0.717, 1.165) is 18.9 Å². The number of carbonyl (C=O) groups excluding carboxylic acids is 1. The zero-order valence-electron chi connectivity index (χ0n) is 15.4. The summed E-state index contributed by atoms with van der Waals surface area (Å²) >= 11 is 0. The molecule has 7 heteroatoms. The SMILES string of the molecule is Cc1cccc(N2CCN(C(=O)N[C@H](C)c3nncn3C)CC2)c1C. The predicted molar refractivity (Wildman–Crippen MR) is 97.7 cm³/mol. The number of amides is 2. The normalized spacial score (nSPS) is 16.0. The van der Waals surface area contributed by atoms with E-state index in [1.54, 1.807) is 6.33 Å². The lowest BCUT2D eigenvalue weighted by Crippen LogP contribution is -2.52. The number of hydrogen-bond acceptors (Lipinski definition) is 4. The van der Waals surface area contributed by atoms with Gasteiger partial charge in [-0.25, -0.2) is 4.79 Å². The number of carbonyl (C=O) groups is 1. The summed E-state index contributed by atoms with van der Waals surface area (Å²) in [6, 6.07) is 6.18. The van der Waals surface area contributed by atoms with Crippen molar-refractivity contribution >= 4 is 11.7 Å². The van der Waals surface area contributed by atoms with E-state index < -0.39 is 0 Å². The van der Waals surface area contributed by atoms with Gasteiger partial charge in [0, 0.05) is 38.9 Å². The van der Waals surface area contributed by atoms with E-state index in [1.807, 2.05) is 23.4 Å². The smallest absolute Gasteiger partial charge is 0.318 e. The van der Waals surface area contributed by atoms with Crippen molar-refractivity contribution in [2.45, 2.75) is 26.8 Å². The quantitative estimate of drug-likeness (QED) is 0.927. The highest BCUT2D eigenvalue weighted by Crippen LogP contribution is 2.24. The molecule has 2 amide bonds. The lowest BCUT2D eigenvalue weighted by atomic mass is 10.1. The van der Waals surface area contributed by atoms with Gasteiger partial charge in [-0.3, -0.25) is 0 Å². The van der Waals surface area contributed by atoms with Crippen LogP contribution in [0.4, 0.5) is 10.5 Å². The molecule has 1 N–H and O–H groups in total. The van der Waals surface area contributed by atoms with E-state index >= 15 is 0 Å². The molecule has 1 fully saturated rings. The molecule has 3 rings (SSSR count). The van der Waals surface area contributed by atoms with Gasteiger partial charge in [0.15, 0.2) is 5.82 Å². The second-order valence-corrected chi connectivity index (χ2v) is 6.66. The van der Waals surface area contributed by atoms with Crippen LogP contribution in [0.3, 0.4) is 0 Å². The number of hydrogen-bond donors (Lipinski definition) is 1. The lowest BCUT2D eigenvalue weighted by molar-refractivity contribution is 0.190. The number of piperazine rings is 1. The zero-order chi connectivity index (χ0) is 18.0. The average Bonchev–Trinajstić information content (AvgIpc) is 3.03. The summed E-state index contributed by atoms with van der Waals surface area (Å²) in [4.78, 5) is 16.7. The van der Waals surface area contributed by atoms with Gasteiger partial charge in [-0.15, -0.1) is 10.2 Å². The minimum Gasteiger partial charge on any atom is -0.368 e. The Balaban J connectivity index is 1.57. The first-order valence-electron chi connectivity index (χ1n) is 8.68. The van der Waals surface area contributed by atoms with Gasteiger partial charge >= 0.3 is 6.03 Å². The van der Waals surface area contributed by atoms with E-state index in [2.05, 4.69) is 52.5 Å². The molecule has 134 valence electrons. The van der Waals surface area contributed by atoms with Gasteiger partial charge in [0.2, 0.25) is 0 Å². The maximum atomic E-state index is 12.5. The van der Waals surface area contributed by atoms with Gasteiger partial charge in [-0.1, -0.05) is 12.1 Å². The molecule has 0 saturated carbocycles. The molecule has 0 aliphatic carbocycles. The molecule has 0 unspecified atom stereocenters. The Morgan fingerprint density at radius 1 is 1.20 bits per heavy atom. The van der Waals surface area contributed by atoms with E-state index in [-0.39, 0.29) is 12.1 Å². The fourth-order valence-electron chi connectivity index (χ4n) is 3.25. The maximum Gasteiger partial charge on any atom is 0.318 e. The zero-order valence-corrected chi connectivity index (χ0v) is 15.4. The molecule has 1 aliphatic heterocycles. The molecule has 2 aromatic rings. The Bertz CT molecular complexity index is 748. The number of aryl methyl sites for hydroxylation is 2. The summed E-state index contributed by atoms with van der Waals surface area (Å²) in [6.07, 6.45) is 1.64. The van der Waals surface area contributed by atoms with E-state index in [9.17, 15) is 4.79 Å². The predicted octanol–water partition coefficient (Wildman–Crippen LogP) is 2.02. The van der Waals surface area contributed by atoms with Crippen LogP contribution in [0.15, 0.2) is 24.5 Å². The molecular weight excluding hydrogens is 316 g/mol. The molecule has 1 saturated heterocycles. The third kappa shape index (κ3) is 3.60. The van der Waals surface area contributed by atoms with Crippen molar-refractivity contribution < 1.29 is 4.79 Å². The van der Waals surface area contributed by atoms with Gasteiger partial charge in [0.25, 0.3) is 0 Å². The lowest BCUT2D eigenvalue weighted by Gasteiger charge is -2.37. The molecule has 1 atom stereocenters. The number of anilines is 1. The molecule has 1 aromatic heterocycles. The summed E-state index contributed by atoms with van der Waals surface area (Å²) < 4.78 is 1.82. The Morgan fingerprint density at radius 2 is 1.92 bits per heavy atom. The van der Waals surface area contributed by atoms with Crippen molar-refractivity contribution in [1.82, 2.24) is 25.0 Å². The van der Waals surface area contributed by atoms with Crippen LogP contribution in [0.2, 0.25) is 0 Å². The fraction of sp³-hybridized carbons (Fsp3) is 0.500. The summed E-state index contributed by atoms with van der Waals surface area (Å²) in [7, 11) is 1.88. The first-order valence-corrected chi connectivity index (χ1v) is 8.68. The van der Waals surface area contributed by atoms with Crippen molar-refractivity contribution in [2.24, 2.45) is 7.05 Å². The second kappa shape index (κ2) is 7.13. The number of aromatic nitrogens is 3.